The number of carbonyl (C=O) groups is 1. The number of aromatic nitrogens is 1. The summed E-state index contributed by atoms with van der Waals surface area (Å²) in [4.78, 5) is 13.1. The number of aryl methyl sites for hydroxylation is 1. The summed E-state index contributed by atoms with van der Waals surface area (Å²) in [5.41, 5.74) is 3.89. The lowest BCUT2D eigenvalue weighted by Gasteiger charge is -2.09. The smallest absolute Gasteiger partial charge is 0.195 e. The molecule has 0 amide bonds. The first kappa shape index (κ1) is 18.4. The normalized spacial score (nSPS) is 11.2. The molecule has 0 saturated carbocycles. The fraction of sp³-hybridized carbons (Fsp3) is 0.375. The minimum Gasteiger partial charge on any atom is -0.344 e. The van der Waals surface area contributed by atoms with Crippen molar-refractivity contribution in [3.63, 3.8) is 0 Å². The van der Waals surface area contributed by atoms with E-state index in [1.165, 1.54) is 44.0 Å². The predicted octanol–water partition coefficient (Wildman–Crippen LogP) is 6.54. The van der Waals surface area contributed by atoms with Gasteiger partial charge in [-0.2, -0.15) is 0 Å². The van der Waals surface area contributed by atoms with Crippen LogP contribution in [0.2, 0.25) is 0 Å². The van der Waals surface area contributed by atoms with Gasteiger partial charge in [-0.15, -0.1) is 0 Å². The van der Waals surface area contributed by atoms with E-state index in [1.807, 2.05) is 36.4 Å². The minimum atomic E-state index is 0.126. The van der Waals surface area contributed by atoms with E-state index in [9.17, 15) is 4.79 Å². The summed E-state index contributed by atoms with van der Waals surface area (Å²) in [7, 11) is 0. The van der Waals surface area contributed by atoms with Gasteiger partial charge in [0.15, 0.2) is 5.78 Å². The number of para-hydroxylation sites is 1. The first-order chi connectivity index (χ1) is 12.7. The molecule has 0 aliphatic heterocycles. The van der Waals surface area contributed by atoms with E-state index >= 15 is 0 Å². The second-order valence-corrected chi connectivity index (χ2v) is 7.09. The van der Waals surface area contributed by atoms with Crippen LogP contribution in [0.1, 0.15) is 67.1 Å². The zero-order valence-electron chi connectivity index (χ0n) is 16.0. The Morgan fingerprint density at radius 1 is 0.846 bits per heavy atom. The van der Waals surface area contributed by atoms with Crippen LogP contribution in [0, 0.1) is 6.92 Å². The predicted molar refractivity (Wildman–Crippen MR) is 110 cm³/mol. The van der Waals surface area contributed by atoms with Crippen molar-refractivity contribution >= 4 is 16.7 Å². The molecule has 26 heavy (non-hydrogen) atoms. The summed E-state index contributed by atoms with van der Waals surface area (Å²) in [5, 5.41) is 1.07. The lowest BCUT2D eigenvalue weighted by molar-refractivity contribution is 0.103. The van der Waals surface area contributed by atoms with Crippen LogP contribution in [0.15, 0.2) is 54.6 Å². The Labute approximate surface area is 156 Å². The van der Waals surface area contributed by atoms with E-state index in [1.54, 1.807) is 0 Å². The molecule has 0 spiro atoms. The Morgan fingerprint density at radius 2 is 1.50 bits per heavy atom. The first-order valence-corrected chi connectivity index (χ1v) is 9.91. The number of carbonyl (C=O) groups excluding carboxylic acids is 1. The highest BCUT2D eigenvalue weighted by Gasteiger charge is 2.20. The molecule has 1 aromatic heterocycles. The molecular formula is C24H29NO. The molecule has 2 heteroatoms. The standard InChI is InChI=1S/C24H29NO/c1-3-4-5-6-7-13-18-25-19(2)23(21-16-11-12-17-22(21)25)24(26)20-14-9-8-10-15-20/h8-12,14-17H,3-7,13,18H2,1-2H3. The minimum absolute atomic E-state index is 0.126. The third kappa shape index (κ3) is 3.90. The molecule has 2 nitrogen and oxygen atoms in total. The summed E-state index contributed by atoms with van der Waals surface area (Å²) in [6, 6.07) is 17.9. The Bertz CT molecular complexity index is 861. The van der Waals surface area contributed by atoms with Gasteiger partial charge in [0.25, 0.3) is 0 Å². The van der Waals surface area contributed by atoms with Crippen molar-refractivity contribution in [1.82, 2.24) is 4.57 Å². The zero-order valence-corrected chi connectivity index (χ0v) is 16.0. The van der Waals surface area contributed by atoms with Crippen LogP contribution in [0.5, 0.6) is 0 Å². The maximum absolute atomic E-state index is 13.1. The molecule has 0 atom stereocenters. The maximum Gasteiger partial charge on any atom is 0.195 e. The summed E-state index contributed by atoms with van der Waals surface area (Å²) in [6.07, 6.45) is 7.69. The number of hydrogen-bond acceptors (Lipinski definition) is 1. The van der Waals surface area contributed by atoms with Gasteiger partial charge in [-0.3, -0.25) is 4.79 Å². The number of fused-ring (bicyclic) bond motifs is 1. The molecule has 0 N–H and O–H groups in total. The molecule has 3 rings (SSSR count). The van der Waals surface area contributed by atoms with Crippen molar-refractivity contribution in [2.24, 2.45) is 0 Å². The average Bonchev–Trinajstić information content (AvgIpc) is 2.96. The van der Waals surface area contributed by atoms with E-state index in [0.717, 1.165) is 28.8 Å². The Balaban J connectivity index is 1.86. The van der Waals surface area contributed by atoms with Crippen LogP contribution in [-0.2, 0) is 6.54 Å². The van der Waals surface area contributed by atoms with Gasteiger partial charge < -0.3 is 4.57 Å². The fourth-order valence-electron chi connectivity index (χ4n) is 3.79. The SMILES string of the molecule is CCCCCCCCn1c(C)c(C(=O)c2ccccc2)c2ccccc21. The number of unbranched alkanes of at least 4 members (excludes halogenated alkanes) is 5. The number of ketones is 1. The summed E-state index contributed by atoms with van der Waals surface area (Å²) < 4.78 is 2.34. The second-order valence-electron chi connectivity index (χ2n) is 7.09. The van der Waals surface area contributed by atoms with Crippen LogP contribution in [-0.4, -0.2) is 10.4 Å². The zero-order chi connectivity index (χ0) is 18.4. The van der Waals surface area contributed by atoms with Crippen molar-refractivity contribution < 1.29 is 4.79 Å². The lowest BCUT2D eigenvalue weighted by Crippen LogP contribution is -2.05. The third-order valence-electron chi connectivity index (χ3n) is 5.23. The molecular weight excluding hydrogens is 318 g/mol. The van der Waals surface area contributed by atoms with Crippen LogP contribution in [0.3, 0.4) is 0 Å². The molecule has 0 radical (unpaired) electrons. The molecule has 0 unspecified atom stereocenters. The van der Waals surface area contributed by atoms with E-state index in [4.69, 9.17) is 0 Å². The van der Waals surface area contributed by atoms with E-state index in [2.05, 4.69) is 36.6 Å². The van der Waals surface area contributed by atoms with Gasteiger partial charge in [-0.05, 0) is 19.4 Å². The Kier molecular flexibility index (Phi) is 6.27. The van der Waals surface area contributed by atoms with Crippen LogP contribution >= 0.6 is 0 Å². The maximum atomic E-state index is 13.1. The summed E-state index contributed by atoms with van der Waals surface area (Å²) in [6.45, 7) is 5.33. The van der Waals surface area contributed by atoms with Crippen LogP contribution in [0.25, 0.3) is 10.9 Å². The molecule has 136 valence electrons. The molecule has 1 heterocycles. The Hall–Kier alpha value is -2.35. The fourth-order valence-corrected chi connectivity index (χ4v) is 3.79. The summed E-state index contributed by atoms with van der Waals surface area (Å²) in [5.74, 6) is 0.126. The van der Waals surface area contributed by atoms with Gasteiger partial charge in [0.1, 0.15) is 0 Å². The molecule has 2 aromatic carbocycles. The second kappa shape index (κ2) is 8.84. The van der Waals surface area contributed by atoms with Crippen LogP contribution in [0.4, 0.5) is 0 Å². The number of hydrogen-bond donors (Lipinski definition) is 0. The van der Waals surface area contributed by atoms with Gasteiger partial charge >= 0.3 is 0 Å². The molecule has 0 aliphatic carbocycles. The number of benzene rings is 2. The molecule has 0 fully saturated rings. The van der Waals surface area contributed by atoms with Gasteiger partial charge in [0, 0.05) is 28.7 Å². The van der Waals surface area contributed by atoms with Crippen molar-refractivity contribution in [3.05, 3.63) is 71.4 Å². The largest absolute Gasteiger partial charge is 0.344 e. The van der Waals surface area contributed by atoms with E-state index in [0.29, 0.717) is 0 Å². The highest BCUT2D eigenvalue weighted by atomic mass is 16.1. The van der Waals surface area contributed by atoms with Gasteiger partial charge in [0.05, 0.1) is 5.56 Å². The highest BCUT2D eigenvalue weighted by molar-refractivity contribution is 6.17. The first-order valence-electron chi connectivity index (χ1n) is 9.91. The van der Waals surface area contributed by atoms with Crippen molar-refractivity contribution in [3.8, 4) is 0 Å². The van der Waals surface area contributed by atoms with E-state index in [-0.39, 0.29) is 5.78 Å². The van der Waals surface area contributed by atoms with Gasteiger partial charge in [-0.1, -0.05) is 87.6 Å². The molecule has 0 saturated heterocycles. The lowest BCUT2D eigenvalue weighted by atomic mass is 10.0. The van der Waals surface area contributed by atoms with Crippen molar-refractivity contribution in [2.45, 2.75) is 58.9 Å². The Morgan fingerprint density at radius 3 is 2.27 bits per heavy atom. The third-order valence-corrected chi connectivity index (χ3v) is 5.23. The quantitative estimate of drug-likeness (QED) is 0.318. The number of nitrogens with zero attached hydrogens (tertiary/aromatic N) is 1. The molecule has 0 aliphatic rings. The number of rotatable bonds is 9. The van der Waals surface area contributed by atoms with E-state index < -0.39 is 0 Å². The molecule has 0 bridgehead atoms. The van der Waals surface area contributed by atoms with Gasteiger partial charge in [-0.25, -0.2) is 0 Å². The average molecular weight is 348 g/mol. The summed E-state index contributed by atoms with van der Waals surface area (Å²) >= 11 is 0. The monoisotopic (exact) mass is 347 g/mol. The highest BCUT2D eigenvalue weighted by Crippen LogP contribution is 2.28. The van der Waals surface area contributed by atoms with Crippen molar-refractivity contribution in [1.29, 1.82) is 0 Å². The van der Waals surface area contributed by atoms with Gasteiger partial charge in [0.2, 0.25) is 0 Å². The van der Waals surface area contributed by atoms with Crippen molar-refractivity contribution in [2.75, 3.05) is 0 Å². The van der Waals surface area contributed by atoms with Crippen LogP contribution < -0.4 is 0 Å². The molecule has 3 aromatic rings. The topological polar surface area (TPSA) is 22.0 Å².